The molecule has 1 heterocycles. The van der Waals surface area contributed by atoms with Crippen LogP contribution in [-0.2, 0) is 14.8 Å². The summed E-state index contributed by atoms with van der Waals surface area (Å²) in [6, 6.07) is 7.38. The van der Waals surface area contributed by atoms with Gasteiger partial charge in [-0.2, -0.15) is 4.31 Å². The summed E-state index contributed by atoms with van der Waals surface area (Å²) in [7, 11) is -0.380. The number of para-hydroxylation sites is 1. The number of carbonyl (C=O) groups is 1. The lowest BCUT2D eigenvalue weighted by molar-refractivity contribution is -0.134. The third-order valence-corrected chi connectivity index (χ3v) is 5.25. The fraction of sp³-hybridized carbons (Fsp3) is 0.533. The first-order chi connectivity index (χ1) is 10.8. The number of methoxy groups -OCH3 is 1. The predicted octanol–water partition coefficient (Wildman–Crippen LogP) is 0.481. The molecule has 0 aromatic heterocycles. The molecule has 1 aliphatic rings. The summed E-state index contributed by atoms with van der Waals surface area (Å²) in [5, 5.41) is 3.27. The number of hydrogen-bond acceptors (Lipinski definition) is 5. The highest BCUT2D eigenvalue weighted by Crippen LogP contribution is 2.30. The Morgan fingerprint density at radius 2 is 2.08 bits per heavy atom. The Bertz CT molecular complexity index is 668. The normalized spacial score (nSPS) is 18.2. The number of amides is 1. The smallest absolute Gasteiger partial charge is 0.238 e. The van der Waals surface area contributed by atoms with Crippen molar-refractivity contribution >= 4 is 28.3 Å². The first-order valence-corrected chi connectivity index (χ1v) is 9.24. The third kappa shape index (κ3) is 4.83. The molecule has 1 N–H and O–H groups in total. The number of hydrogen-bond donors (Lipinski definition) is 1. The number of rotatable bonds is 5. The Morgan fingerprint density at radius 1 is 1.42 bits per heavy atom. The molecule has 1 fully saturated rings. The molecule has 136 valence electrons. The molecule has 24 heavy (non-hydrogen) atoms. The van der Waals surface area contributed by atoms with Crippen molar-refractivity contribution in [2.24, 2.45) is 0 Å². The van der Waals surface area contributed by atoms with Crippen molar-refractivity contribution in [2.45, 2.75) is 6.04 Å². The topological polar surface area (TPSA) is 79.0 Å². The van der Waals surface area contributed by atoms with Crippen molar-refractivity contribution in [3.63, 3.8) is 0 Å². The summed E-state index contributed by atoms with van der Waals surface area (Å²) >= 11 is 0. The van der Waals surface area contributed by atoms with E-state index in [0.717, 1.165) is 21.9 Å². The van der Waals surface area contributed by atoms with E-state index >= 15 is 0 Å². The molecule has 1 aromatic rings. The standard InChI is InChI=1S/C15H23N3O4S.ClH/c1-17(23(3,20)21)11-15(19)18-9-8-16-10-13(18)12-6-4-5-7-14(12)22-2;/h4-7,13,16H,8-11H2,1-3H3;1H. The van der Waals surface area contributed by atoms with E-state index in [4.69, 9.17) is 4.74 Å². The number of likely N-dealkylation sites (N-methyl/N-ethyl adjacent to an activating group) is 1. The summed E-state index contributed by atoms with van der Waals surface area (Å²) < 4.78 is 29.5. The molecule has 1 aliphatic heterocycles. The summed E-state index contributed by atoms with van der Waals surface area (Å²) in [6.45, 7) is 1.65. The molecule has 9 heteroatoms. The number of ether oxygens (including phenoxy) is 1. The quantitative estimate of drug-likeness (QED) is 0.807. The molecule has 0 saturated carbocycles. The molecular weight excluding hydrogens is 354 g/mol. The molecule has 1 atom stereocenters. The largest absolute Gasteiger partial charge is 0.496 e. The van der Waals surface area contributed by atoms with Gasteiger partial charge >= 0.3 is 0 Å². The number of benzene rings is 1. The van der Waals surface area contributed by atoms with Crippen molar-refractivity contribution in [1.82, 2.24) is 14.5 Å². The van der Waals surface area contributed by atoms with E-state index in [1.54, 1.807) is 12.0 Å². The van der Waals surface area contributed by atoms with Crippen molar-refractivity contribution in [2.75, 3.05) is 46.6 Å². The zero-order chi connectivity index (χ0) is 17.0. The van der Waals surface area contributed by atoms with Gasteiger partial charge in [0.05, 0.1) is 26.0 Å². The van der Waals surface area contributed by atoms with Gasteiger partial charge in [0, 0.05) is 32.2 Å². The lowest BCUT2D eigenvalue weighted by Gasteiger charge is -2.37. The van der Waals surface area contributed by atoms with Crippen LogP contribution in [0.15, 0.2) is 24.3 Å². The molecule has 0 aliphatic carbocycles. The van der Waals surface area contributed by atoms with Gasteiger partial charge in [0.1, 0.15) is 5.75 Å². The van der Waals surface area contributed by atoms with Crippen LogP contribution in [0.3, 0.4) is 0 Å². The van der Waals surface area contributed by atoms with E-state index in [9.17, 15) is 13.2 Å². The molecule has 1 unspecified atom stereocenters. The average Bonchev–Trinajstić information content (AvgIpc) is 2.53. The highest BCUT2D eigenvalue weighted by atomic mass is 35.5. The minimum absolute atomic E-state index is 0. The van der Waals surface area contributed by atoms with E-state index in [2.05, 4.69) is 5.32 Å². The summed E-state index contributed by atoms with van der Waals surface area (Å²) in [6.07, 6.45) is 1.09. The molecule has 0 bridgehead atoms. The van der Waals surface area contributed by atoms with Gasteiger partial charge in [-0.15, -0.1) is 12.4 Å². The number of sulfonamides is 1. The fourth-order valence-corrected chi connectivity index (χ4v) is 2.97. The predicted molar refractivity (Wildman–Crippen MR) is 95.0 cm³/mol. The Kier molecular flexibility index (Phi) is 7.47. The fourth-order valence-electron chi connectivity index (χ4n) is 2.62. The molecule has 1 saturated heterocycles. The van der Waals surface area contributed by atoms with Crippen LogP contribution in [0, 0.1) is 0 Å². The second-order valence-electron chi connectivity index (χ2n) is 5.57. The van der Waals surface area contributed by atoms with E-state index in [0.29, 0.717) is 19.6 Å². The number of carbonyl (C=O) groups excluding carboxylic acids is 1. The lowest BCUT2D eigenvalue weighted by Crippen LogP contribution is -2.51. The molecule has 0 radical (unpaired) electrons. The van der Waals surface area contributed by atoms with Crippen LogP contribution in [-0.4, -0.2) is 70.1 Å². The van der Waals surface area contributed by atoms with Gasteiger partial charge < -0.3 is 15.0 Å². The van der Waals surface area contributed by atoms with Gasteiger partial charge in [0.25, 0.3) is 0 Å². The Labute approximate surface area is 149 Å². The third-order valence-electron chi connectivity index (χ3n) is 3.99. The van der Waals surface area contributed by atoms with Crippen molar-refractivity contribution in [3.8, 4) is 5.75 Å². The molecular formula is C15H24ClN3O4S. The summed E-state index contributed by atoms with van der Waals surface area (Å²) in [4.78, 5) is 14.3. The number of halogens is 1. The maximum absolute atomic E-state index is 12.6. The van der Waals surface area contributed by atoms with E-state index in [-0.39, 0.29) is 30.9 Å². The van der Waals surface area contributed by atoms with E-state index in [1.807, 2.05) is 24.3 Å². The zero-order valence-corrected chi connectivity index (χ0v) is 15.7. The number of nitrogens with zero attached hydrogens (tertiary/aromatic N) is 2. The van der Waals surface area contributed by atoms with E-state index in [1.165, 1.54) is 7.05 Å². The SMILES string of the molecule is COc1ccccc1C1CNCCN1C(=O)CN(C)S(C)(=O)=O.Cl. The van der Waals surface area contributed by atoms with Gasteiger partial charge in [-0.25, -0.2) is 8.42 Å². The van der Waals surface area contributed by atoms with Gasteiger partial charge in [-0.05, 0) is 6.07 Å². The first-order valence-electron chi connectivity index (χ1n) is 7.39. The highest BCUT2D eigenvalue weighted by Gasteiger charge is 2.31. The Hall–Kier alpha value is -1.35. The second-order valence-corrected chi connectivity index (χ2v) is 7.66. The van der Waals surface area contributed by atoms with Crippen molar-refractivity contribution < 1.29 is 17.9 Å². The Morgan fingerprint density at radius 3 is 2.71 bits per heavy atom. The zero-order valence-electron chi connectivity index (χ0n) is 14.1. The maximum atomic E-state index is 12.6. The molecule has 1 amide bonds. The average molecular weight is 378 g/mol. The minimum Gasteiger partial charge on any atom is -0.496 e. The summed E-state index contributed by atoms with van der Waals surface area (Å²) in [5.41, 5.74) is 0.914. The van der Waals surface area contributed by atoms with Crippen LogP contribution in [0.2, 0.25) is 0 Å². The van der Waals surface area contributed by atoms with Crippen LogP contribution in [0.25, 0.3) is 0 Å². The monoisotopic (exact) mass is 377 g/mol. The van der Waals surface area contributed by atoms with Gasteiger partial charge in [0.15, 0.2) is 0 Å². The lowest BCUT2D eigenvalue weighted by atomic mass is 10.0. The van der Waals surface area contributed by atoms with Crippen molar-refractivity contribution in [1.29, 1.82) is 0 Å². The van der Waals surface area contributed by atoms with Crippen LogP contribution >= 0.6 is 12.4 Å². The second kappa shape index (κ2) is 8.66. The van der Waals surface area contributed by atoms with Gasteiger partial charge in [0.2, 0.25) is 15.9 Å². The van der Waals surface area contributed by atoms with Crippen molar-refractivity contribution in [3.05, 3.63) is 29.8 Å². The van der Waals surface area contributed by atoms with Crippen LogP contribution in [0.5, 0.6) is 5.75 Å². The molecule has 1 aromatic carbocycles. The number of piperazine rings is 1. The molecule has 0 spiro atoms. The van der Waals surface area contributed by atoms with Crippen LogP contribution < -0.4 is 10.1 Å². The van der Waals surface area contributed by atoms with E-state index < -0.39 is 10.0 Å². The molecule has 2 rings (SSSR count). The maximum Gasteiger partial charge on any atom is 0.238 e. The van der Waals surface area contributed by atoms with Gasteiger partial charge in [-0.1, -0.05) is 18.2 Å². The minimum atomic E-state index is -3.39. The van der Waals surface area contributed by atoms with Crippen LogP contribution in [0.4, 0.5) is 0 Å². The Balaban J connectivity index is 0.00000288. The first kappa shape index (κ1) is 20.7. The number of nitrogens with one attached hydrogen (secondary N) is 1. The highest BCUT2D eigenvalue weighted by molar-refractivity contribution is 7.88. The van der Waals surface area contributed by atoms with Gasteiger partial charge in [-0.3, -0.25) is 4.79 Å². The van der Waals surface area contributed by atoms with Crippen LogP contribution in [0.1, 0.15) is 11.6 Å². The molecule has 7 nitrogen and oxygen atoms in total. The summed E-state index contributed by atoms with van der Waals surface area (Å²) in [5.74, 6) is 0.505.